The van der Waals surface area contributed by atoms with Crippen LogP contribution in [0.25, 0.3) is 10.2 Å². The molecule has 5 heteroatoms. The van der Waals surface area contributed by atoms with E-state index in [-0.39, 0.29) is 0 Å². The van der Waals surface area contributed by atoms with Crippen LogP contribution in [0.2, 0.25) is 0 Å². The standard InChI is InChI=1S/C19H22N4S/c1-13-4-5-16(10-14(13)2)22-6-8-23(9-7-22)18-17-15(3)11-24-19(17)21-12-20-18/h4-5,10-12H,6-9H2,1-3H3. The normalized spacial score (nSPS) is 15.3. The van der Waals surface area contributed by atoms with Crippen molar-refractivity contribution in [2.24, 2.45) is 0 Å². The zero-order valence-electron chi connectivity index (χ0n) is 14.4. The predicted molar refractivity (Wildman–Crippen MR) is 102 cm³/mol. The van der Waals surface area contributed by atoms with Crippen LogP contribution in [0, 0.1) is 20.8 Å². The lowest BCUT2D eigenvalue weighted by Crippen LogP contribution is -2.47. The molecule has 4 nitrogen and oxygen atoms in total. The molecule has 0 atom stereocenters. The monoisotopic (exact) mass is 338 g/mol. The quantitative estimate of drug-likeness (QED) is 0.708. The Morgan fingerprint density at radius 3 is 2.38 bits per heavy atom. The topological polar surface area (TPSA) is 32.3 Å². The molecule has 1 aliphatic heterocycles. The van der Waals surface area contributed by atoms with Crippen molar-refractivity contribution in [1.82, 2.24) is 9.97 Å². The van der Waals surface area contributed by atoms with E-state index in [0.29, 0.717) is 0 Å². The van der Waals surface area contributed by atoms with E-state index in [9.17, 15) is 0 Å². The van der Waals surface area contributed by atoms with Gasteiger partial charge in [0, 0.05) is 31.9 Å². The summed E-state index contributed by atoms with van der Waals surface area (Å²) in [5, 5.41) is 3.40. The van der Waals surface area contributed by atoms with Gasteiger partial charge in [0.2, 0.25) is 0 Å². The summed E-state index contributed by atoms with van der Waals surface area (Å²) in [7, 11) is 0. The van der Waals surface area contributed by atoms with E-state index in [2.05, 4.69) is 64.1 Å². The molecule has 0 aliphatic carbocycles. The van der Waals surface area contributed by atoms with Gasteiger partial charge in [0.15, 0.2) is 0 Å². The van der Waals surface area contributed by atoms with Crippen molar-refractivity contribution in [3.8, 4) is 0 Å². The fraction of sp³-hybridized carbons (Fsp3) is 0.368. The molecule has 3 aromatic rings. The Morgan fingerprint density at radius 2 is 1.62 bits per heavy atom. The molecular formula is C19H22N4S. The maximum Gasteiger partial charge on any atom is 0.141 e. The molecule has 24 heavy (non-hydrogen) atoms. The molecule has 124 valence electrons. The van der Waals surface area contributed by atoms with Crippen LogP contribution in [-0.4, -0.2) is 36.1 Å². The number of benzene rings is 1. The third-order valence-corrected chi connectivity index (χ3v) is 5.97. The van der Waals surface area contributed by atoms with E-state index in [0.717, 1.165) is 36.8 Å². The zero-order chi connectivity index (χ0) is 16.7. The first-order chi connectivity index (χ1) is 11.6. The lowest BCUT2D eigenvalue weighted by molar-refractivity contribution is 0.648. The van der Waals surface area contributed by atoms with E-state index in [1.807, 2.05) is 0 Å². The van der Waals surface area contributed by atoms with E-state index in [1.165, 1.54) is 27.8 Å². The van der Waals surface area contributed by atoms with Gasteiger partial charge in [0.05, 0.1) is 5.39 Å². The van der Waals surface area contributed by atoms with Gasteiger partial charge in [-0.25, -0.2) is 9.97 Å². The van der Waals surface area contributed by atoms with Gasteiger partial charge in [-0.2, -0.15) is 0 Å². The molecule has 1 aliphatic rings. The van der Waals surface area contributed by atoms with Crippen LogP contribution < -0.4 is 9.80 Å². The highest BCUT2D eigenvalue weighted by molar-refractivity contribution is 7.17. The molecular weight excluding hydrogens is 316 g/mol. The van der Waals surface area contributed by atoms with Gasteiger partial charge in [-0.05, 0) is 55.0 Å². The lowest BCUT2D eigenvalue weighted by Gasteiger charge is -2.37. The Bertz CT molecular complexity index is 878. The van der Waals surface area contributed by atoms with Gasteiger partial charge in [-0.15, -0.1) is 11.3 Å². The molecule has 1 fully saturated rings. The first kappa shape index (κ1) is 15.4. The summed E-state index contributed by atoms with van der Waals surface area (Å²) in [5.74, 6) is 1.10. The van der Waals surface area contributed by atoms with Crippen molar-refractivity contribution < 1.29 is 0 Å². The van der Waals surface area contributed by atoms with Gasteiger partial charge < -0.3 is 9.80 Å². The largest absolute Gasteiger partial charge is 0.368 e. The van der Waals surface area contributed by atoms with Crippen LogP contribution in [0.4, 0.5) is 11.5 Å². The number of nitrogens with zero attached hydrogens (tertiary/aromatic N) is 4. The average molecular weight is 338 g/mol. The Hall–Kier alpha value is -2.14. The number of thiophene rings is 1. The molecule has 4 rings (SSSR count). The van der Waals surface area contributed by atoms with E-state index < -0.39 is 0 Å². The van der Waals surface area contributed by atoms with Crippen molar-refractivity contribution >= 4 is 33.1 Å². The maximum atomic E-state index is 4.59. The van der Waals surface area contributed by atoms with Crippen LogP contribution in [-0.2, 0) is 0 Å². The van der Waals surface area contributed by atoms with Gasteiger partial charge in [-0.1, -0.05) is 6.07 Å². The zero-order valence-corrected chi connectivity index (χ0v) is 15.2. The van der Waals surface area contributed by atoms with Crippen LogP contribution in [0.15, 0.2) is 29.9 Å². The van der Waals surface area contributed by atoms with Crippen molar-refractivity contribution in [2.45, 2.75) is 20.8 Å². The molecule has 0 bridgehead atoms. The smallest absolute Gasteiger partial charge is 0.141 e. The van der Waals surface area contributed by atoms with Gasteiger partial charge in [0.1, 0.15) is 17.0 Å². The summed E-state index contributed by atoms with van der Waals surface area (Å²) in [6, 6.07) is 6.76. The Balaban J connectivity index is 1.55. The minimum absolute atomic E-state index is 0.994. The highest BCUT2D eigenvalue weighted by Gasteiger charge is 2.21. The SMILES string of the molecule is Cc1ccc(N2CCN(c3ncnc4scc(C)c34)CC2)cc1C. The summed E-state index contributed by atoms with van der Waals surface area (Å²) < 4.78 is 0. The molecule has 1 aromatic carbocycles. The number of aryl methyl sites for hydroxylation is 3. The second kappa shape index (κ2) is 6.06. The second-order valence-corrected chi connectivity index (χ2v) is 7.40. The Kier molecular flexibility index (Phi) is 3.88. The molecule has 1 saturated heterocycles. The number of anilines is 2. The molecule has 3 heterocycles. The molecule has 0 amide bonds. The van der Waals surface area contributed by atoms with Crippen LogP contribution in [0.1, 0.15) is 16.7 Å². The van der Waals surface area contributed by atoms with Crippen LogP contribution in [0.5, 0.6) is 0 Å². The number of hydrogen-bond acceptors (Lipinski definition) is 5. The minimum atomic E-state index is 0.994. The Labute approximate surface area is 146 Å². The van der Waals surface area contributed by atoms with Gasteiger partial charge in [-0.3, -0.25) is 0 Å². The fourth-order valence-corrected chi connectivity index (χ4v) is 4.22. The number of hydrogen-bond donors (Lipinski definition) is 0. The predicted octanol–water partition coefficient (Wildman–Crippen LogP) is 3.94. The number of aromatic nitrogens is 2. The number of fused-ring (bicyclic) bond motifs is 1. The minimum Gasteiger partial charge on any atom is -0.368 e. The van der Waals surface area contributed by atoms with Gasteiger partial charge in [0.25, 0.3) is 0 Å². The highest BCUT2D eigenvalue weighted by Crippen LogP contribution is 2.31. The van der Waals surface area contributed by atoms with Crippen LogP contribution in [0.3, 0.4) is 0 Å². The summed E-state index contributed by atoms with van der Waals surface area (Å²) >= 11 is 1.70. The molecule has 0 N–H and O–H groups in total. The van der Waals surface area contributed by atoms with Crippen molar-refractivity contribution in [3.63, 3.8) is 0 Å². The average Bonchev–Trinajstić information content (AvgIpc) is 2.99. The number of piperazine rings is 1. The third-order valence-electron chi connectivity index (χ3n) is 4.97. The summed E-state index contributed by atoms with van der Waals surface area (Å²) in [5.41, 5.74) is 5.33. The lowest BCUT2D eigenvalue weighted by atomic mass is 10.1. The molecule has 0 unspecified atom stereocenters. The van der Waals surface area contributed by atoms with E-state index in [4.69, 9.17) is 0 Å². The van der Waals surface area contributed by atoms with E-state index >= 15 is 0 Å². The van der Waals surface area contributed by atoms with Crippen molar-refractivity contribution in [3.05, 3.63) is 46.6 Å². The van der Waals surface area contributed by atoms with Crippen LogP contribution >= 0.6 is 11.3 Å². The molecule has 0 radical (unpaired) electrons. The van der Waals surface area contributed by atoms with Gasteiger partial charge >= 0.3 is 0 Å². The van der Waals surface area contributed by atoms with Crippen molar-refractivity contribution in [2.75, 3.05) is 36.0 Å². The highest BCUT2D eigenvalue weighted by atomic mass is 32.1. The second-order valence-electron chi connectivity index (χ2n) is 6.54. The first-order valence-electron chi connectivity index (χ1n) is 8.39. The Morgan fingerprint density at radius 1 is 0.875 bits per heavy atom. The molecule has 2 aromatic heterocycles. The summed E-state index contributed by atoms with van der Waals surface area (Å²) in [6.45, 7) is 10.5. The fourth-order valence-electron chi connectivity index (χ4n) is 3.34. The molecule has 0 saturated carbocycles. The maximum absolute atomic E-state index is 4.59. The third kappa shape index (κ3) is 2.63. The van der Waals surface area contributed by atoms with E-state index in [1.54, 1.807) is 17.7 Å². The number of rotatable bonds is 2. The molecule has 0 spiro atoms. The van der Waals surface area contributed by atoms with Crippen molar-refractivity contribution in [1.29, 1.82) is 0 Å². The first-order valence-corrected chi connectivity index (χ1v) is 9.27. The summed E-state index contributed by atoms with van der Waals surface area (Å²) in [6.07, 6.45) is 1.70. The summed E-state index contributed by atoms with van der Waals surface area (Å²) in [4.78, 5) is 15.0.